The van der Waals surface area contributed by atoms with E-state index in [-0.39, 0.29) is 21.1 Å². The van der Waals surface area contributed by atoms with Crippen LogP contribution in [0.2, 0.25) is 0 Å². The summed E-state index contributed by atoms with van der Waals surface area (Å²) < 4.78 is 0. The van der Waals surface area contributed by atoms with E-state index in [0.29, 0.717) is 0 Å². The van der Waals surface area contributed by atoms with E-state index >= 15 is 0 Å². The Hall–Kier alpha value is -0.222. The standard InChI is InChI=1S/C7H7.Pt/c1-7-5-3-2-4-6-7;/h2-6H,1H2;/q-1;. The van der Waals surface area contributed by atoms with Crippen LogP contribution in [0.15, 0.2) is 30.3 Å². The first-order valence-electron chi connectivity index (χ1n) is 2.26. The molecule has 0 radical (unpaired) electrons. The van der Waals surface area contributed by atoms with Gasteiger partial charge in [0.05, 0.1) is 0 Å². The summed E-state index contributed by atoms with van der Waals surface area (Å²) in [6.07, 6.45) is 0. The van der Waals surface area contributed by atoms with Crippen molar-refractivity contribution >= 4 is 0 Å². The van der Waals surface area contributed by atoms with E-state index in [1.807, 2.05) is 30.3 Å². The molecule has 0 saturated heterocycles. The third-order valence-electron chi connectivity index (χ3n) is 0.843. The molecule has 1 aromatic rings. The second kappa shape index (κ2) is 3.74. The molecule has 0 saturated carbocycles. The summed E-state index contributed by atoms with van der Waals surface area (Å²) in [6, 6.07) is 9.87. The first-order valence-corrected chi connectivity index (χ1v) is 2.26. The van der Waals surface area contributed by atoms with Gasteiger partial charge in [0.25, 0.3) is 0 Å². The minimum absolute atomic E-state index is 0. The van der Waals surface area contributed by atoms with Gasteiger partial charge in [-0.1, -0.05) is 6.07 Å². The van der Waals surface area contributed by atoms with Crippen LogP contribution in [-0.2, 0) is 21.1 Å². The van der Waals surface area contributed by atoms with Gasteiger partial charge in [0, 0.05) is 21.1 Å². The molecule has 0 unspecified atom stereocenters. The van der Waals surface area contributed by atoms with Gasteiger partial charge in [-0.15, -0.1) is 12.1 Å². The maximum absolute atomic E-state index is 3.72. The Balaban J connectivity index is 0.000000490. The topological polar surface area (TPSA) is 0 Å². The van der Waals surface area contributed by atoms with Crippen molar-refractivity contribution in [1.29, 1.82) is 0 Å². The van der Waals surface area contributed by atoms with Crippen LogP contribution in [0.3, 0.4) is 0 Å². The second-order valence-corrected chi connectivity index (χ2v) is 1.49. The molecule has 0 amide bonds. The Bertz CT molecular complexity index is 134. The van der Waals surface area contributed by atoms with E-state index in [1.165, 1.54) is 0 Å². The first kappa shape index (κ1) is 7.78. The number of rotatable bonds is 0. The Labute approximate surface area is 64.2 Å². The molecule has 0 nitrogen and oxygen atoms in total. The van der Waals surface area contributed by atoms with Gasteiger partial charge in [-0.3, -0.25) is 0 Å². The number of benzene rings is 1. The maximum Gasteiger partial charge on any atom is 0 e. The average Bonchev–Trinajstić information content (AvgIpc) is 1.69. The van der Waals surface area contributed by atoms with E-state index in [4.69, 9.17) is 0 Å². The molecule has 46 valence electrons. The zero-order valence-electron chi connectivity index (χ0n) is 4.41. The molecule has 0 bridgehead atoms. The largest absolute Gasteiger partial charge is 0.199 e. The Morgan fingerprint density at radius 1 is 1.00 bits per heavy atom. The molecule has 0 aliphatic rings. The summed E-state index contributed by atoms with van der Waals surface area (Å²) in [5, 5.41) is 0. The maximum atomic E-state index is 3.72. The molecule has 1 aromatic carbocycles. The second-order valence-electron chi connectivity index (χ2n) is 1.49. The third-order valence-corrected chi connectivity index (χ3v) is 0.843. The Morgan fingerprint density at radius 3 is 1.75 bits per heavy atom. The van der Waals surface area contributed by atoms with Crippen molar-refractivity contribution in [3.8, 4) is 0 Å². The molecule has 0 aromatic heterocycles. The molecular weight excluding hydrogens is 279 g/mol. The predicted octanol–water partition coefficient (Wildman–Crippen LogP) is 1.87. The summed E-state index contributed by atoms with van der Waals surface area (Å²) in [4.78, 5) is 0. The molecule has 0 fully saturated rings. The number of hydrogen-bond acceptors (Lipinski definition) is 0. The van der Waals surface area contributed by atoms with Crippen molar-refractivity contribution in [2.75, 3.05) is 0 Å². The van der Waals surface area contributed by atoms with Crippen molar-refractivity contribution in [1.82, 2.24) is 0 Å². The fourth-order valence-electron chi connectivity index (χ4n) is 0.478. The summed E-state index contributed by atoms with van der Waals surface area (Å²) in [5.41, 5.74) is 1.07. The summed E-state index contributed by atoms with van der Waals surface area (Å²) >= 11 is 0. The number of hydrogen-bond donors (Lipinski definition) is 0. The van der Waals surface area contributed by atoms with E-state index in [0.717, 1.165) is 5.56 Å². The minimum Gasteiger partial charge on any atom is -0.199 e. The fraction of sp³-hybridized carbons (Fsp3) is 0. The molecule has 0 aliphatic heterocycles. The molecule has 0 spiro atoms. The molecule has 1 rings (SSSR count). The van der Waals surface area contributed by atoms with Crippen molar-refractivity contribution in [3.05, 3.63) is 42.8 Å². The summed E-state index contributed by atoms with van der Waals surface area (Å²) in [6.45, 7) is 3.72. The zero-order valence-corrected chi connectivity index (χ0v) is 6.68. The quantitative estimate of drug-likeness (QED) is 0.639. The van der Waals surface area contributed by atoms with Gasteiger partial charge in [0.15, 0.2) is 0 Å². The Morgan fingerprint density at radius 2 is 1.50 bits per heavy atom. The van der Waals surface area contributed by atoms with E-state index < -0.39 is 0 Å². The average molecular weight is 286 g/mol. The molecule has 0 aliphatic carbocycles. The molecule has 0 heterocycles. The van der Waals surface area contributed by atoms with Gasteiger partial charge in [0.1, 0.15) is 0 Å². The molecule has 0 N–H and O–H groups in total. The summed E-state index contributed by atoms with van der Waals surface area (Å²) in [7, 11) is 0. The van der Waals surface area contributed by atoms with Gasteiger partial charge in [-0.05, 0) is 0 Å². The third kappa shape index (κ3) is 2.18. The van der Waals surface area contributed by atoms with Crippen LogP contribution in [0.5, 0.6) is 0 Å². The van der Waals surface area contributed by atoms with Crippen LogP contribution in [0, 0.1) is 6.92 Å². The molecule has 8 heavy (non-hydrogen) atoms. The van der Waals surface area contributed by atoms with E-state index in [1.54, 1.807) is 0 Å². The van der Waals surface area contributed by atoms with E-state index in [2.05, 4.69) is 6.92 Å². The summed E-state index contributed by atoms with van der Waals surface area (Å²) in [5.74, 6) is 0. The molecule has 1 heteroatoms. The first-order chi connectivity index (χ1) is 3.39. The Kier molecular flexibility index (Phi) is 3.64. The normalized spacial score (nSPS) is 7.50. The van der Waals surface area contributed by atoms with Gasteiger partial charge in [-0.2, -0.15) is 24.6 Å². The molecule has 0 atom stereocenters. The minimum atomic E-state index is 0. The van der Waals surface area contributed by atoms with Gasteiger partial charge in [0.2, 0.25) is 0 Å². The smallest absolute Gasteiger partial charge is 0 e. The van der Waals surface area contributed by atoms with Crippen LogP contribution in [0.25, 0.3) is 0 Å². The fourth-order valence-corrected chi connectivity index (χ4v) is 0.478. The molecular formula is C7H7Pt-. The monoisotopic (exact) mass is 286 g/mol. The van der Waals surface area contributed by atoms with Crippen molar-refractivity contribution in [2.24, 2.45) is 0 Å². The van der Waals surface area contributed by atoms with Crippen LogP contribution in [0.4, 0.5) is 0 Å². The van der Waals surface area contributed by atoms with Crippen molar-refractivity contribution in [2.45, 2.75) is 0 Å². The van der Waals surface area contributed by atoms with Crippen molar-refractivity contribution in [3.63, 3.8) is 0 Å². The van der Waals surface area contributed by atoms with Gasteiger partial charge in [-0.25, -0.2) is 0 Å². The van der Waals surface area contributed by atoms with Crippen LogP contribution in [0.1, 0.15) is 5.56 Å². The van der Waals surface area contributed by atoms with Crippen LogP contribution in [-0.4, -0.2) is 0 Å². The van der Waals surface area contributed by atoms with Crippen LogP contribution < -0.4 is 0 Å². The van der Waals surface area contributed by atoms with Crippen molar-refractivity contribution < 1.29 is 21.1 Å². The van der Waals surface area contributed by atoms with Gasteiger partial charge >= 0.3 is 0 Å². The van der Waals surface area contributed by atoms with Crippen LogP contribution >= 0.6 is 0 Å². The van der Waals surface area contributed by atoms with E-state index in [9.17, 15) is 0 Å². The predicted molar refractivity (Wildman–Crippen MR) is 30.9 cm³/mol. The SMILES string of the molecule is [CH2-]c1ccccc1.[Pt]. The van der Waals surface area contributed by atoms with Gasteiger partial charge < -0.3 is 0 Å². The zero-order chi connectivity index (χ0) is 5.11.